The van der Waals surface area contributed by atoms with Gasteiger partial charge in [-0.3, -0.25) is 0 Å². The fraction of sp³-hybridized carbons (Fsp3) is 0.818. The molecule has 156 valence electrons. The Kier molecular flexibility index (Phi) is 13.1. The Morgan fingerprint density at radius 3 is 1.96 bits per heavy atom. The monoisotopic (exact) mass is 379 g/mol. The predicted octanol–water partition coefficient (Wildman–Crippen LogP) is 3.88. The summed E-state index contributed by atoms with van der Waals surface area (Å²) >= 11 is 0. The molecule has 0 aromatic rings. The van der Waals surface area contributed by atoms with E-state index in [0.717, 1.165) is 18.7 Å². The first-order chi connectivity index (χ1) is 13.1. The van der Waals surface area contributed by atoms with Gasteiger partial charge in [-0.15, -0.1) is 0 Å². The van der Waals surface area contributed by atoms with E-state index in [-0.39, 0.29) is 11.0 Å². The zero-order chi connectivity index (χ0) is 19.8. The Morgan fingerprint density at radius 1 is 0.963 bits per heavy atom. The Morgan fingerprint density at radius 2 is 1.48 bits per heavy atom. The number of aliphatic carboxylic acids is 1. The molecular formula is C22H41N3O2. The van der Waals surface area contributed by atoms with E-state index in [1.165, 1.54) is 77.0 Å². The fourth-order valence-electron chi connectivity index (χ4n) is 3.92. The number of carbonyl (C=O) groups is 1. The van der Waals surface area contributed by atoms with Crippen LogP contribution >= 0.6 is 0 Å². The molecule has 0 amide bonds. The average molecular weight is 380 g/mol. The molecule has 0 spiro atoms. The zero-order valence-corrected chi connectivity index (χ0v) is 17.5. The summed E-state index contributed by atoms with van der Waals surface area (Å²) in [6.07, 6.45) is 21.7. The number of nitrogens with zero attached hydrogens (tertiary/aromatic N) is 2. The molecule has 1 rings (SSSR count). The minimum absolute atomic E-state index is 0.0645. The number of rotatable bonds is 18. The molecule has 1 heterocycles. The highest BCUT2D eigenvalue weighted by Crippen LogP contribution is 2.21. The Hall–Kier alpha value is -1.20. The van der Waals surface area contributed by atoms with Crippen LogP contribution in [0.2, 0.25) is 0 Å². The third-order valence-electron chi connectivity index (χ3n) is 5.53. The van der Waals surface area contributed by atoms with Gasteiger partial charge in [0, 0.05) is 13.0 Å². The van der Waals surface area contributed by atoms with Gasteiger partial charge in [-0.25, -0.2) is 9.48 Å². The second-order valence-corrected chi connectivity index (χ2v) is 7.91. The summed E-state index contributed by atoms with van der Waals surface area (Å²) in [5.74, 6) is -0.124. The Labute approximate surface area is 166 Å². The lowest BCUT2D eigenvalue weighted by Gasteiger charge is -2.32. The summed E-state index contributed by atoms with van der Waals surface area (Å²) < 4.78 is 0.247. The van der Waals surface area contributed by atoms with Gasteiger partial charge in [0.2, 0.25) is 5.84 Å². The van der Waals surface area contributed by atoms with E-state index >= 15 is 0 Å². The molecule has 1 aliphatic rings. The normalized spacial score (nSPS) is 18.8. The van der Waals surface area contributed by atoms with Crippen molar-refractivity contribution in [3.8, 4) is 0 Å². The van der Waals surface area contributed by atoms with E-state index in [4.69, 9.17) is 5.73 Å². The third kappa shape index (κ3) is 10.1. The number of carboxylic acid groups (broad SMARTS) is 1. The van der Waals surface area contributed by atoms with Crippen LogP contribution in [-0.2, 0) is 4.79 Å². The van der Waals surface area contributed by atoms with Gasteiger partial charge in [0.25, 0.3) is 0 Å². The minimum Gasteiger partial charge on any atom is -0.544 e. The molecule has 0 saturated heterocycles. The molecule has 0 aromatic heterocycles. The van der Waals surface area contributed by atoms with E-state index in [1.54, 1.807) is 6.20 Å². The first-order valence-corrected chi connectivity index (χ1v) is 11.2. The first kappa shape index (κ1) is 23.8. The summed E-state index contributed by atoms with van der Waals surface area (Å²) in [5, 5.41) is 11.1. The molecule has 27 heavy (non-hydrogen) atoms. The number of carboxylic acids is 1. The topological polar surface area (TPSA) is 78.5 Å². The molecule has 1 unspecified atom stereocenters. The summed E-state index contributed by atoms with van der Waals surface area (Å²) in [6, 6.07) is 0. The molecule has 0 fully saturated rings. The molecule has 0 aromatic carbocycles. The lowest BCUT2D eigenvalue weighted by molar-refractivity contribution is -0.780. The van der Waals surface area contributed by atoms with Crippen molar-refractivity contribution >= 4 is 11.8 Å². The van der Waals surface area contributed by atoms with Crippen LogP contribution in [0.5, 0.6) is 0 Å². The van der Waals surface area contributed by atoms with Gasteiger partial charge in [-0.2, -0.15) is 0 Å². The summed E-state index contributed by atoms with van der Waals surface area (Å²) in [5.41, 5.74) is 5.69. The third-order valence-corrected chi connectivity index (χ3v) is 5.53. The van der Waals surface area contributed by atoms with Gasteiger partial charge >= 0.3 is 0 Å². The van der Waals surface area contributed by atoms with Crippen LogP contribution < -0.4 is 10.8 Å². The van der Waals surface area contributed by atoms with Gasteiger partial charge in [0.1, 0.15) is 19.3 Å². The predicted molar refractivity (Wildman–Crippen MR) is 111 cm³/mol. The summed E-state index contributed by atoms with van der Waals surface area (Å²) in [7, 11) is 0. The van der Waals surface area contributed by atoms with Gasteiger partial charge in [-0.1, -0.05) is 84.0 Å². The standard InChI is InChI=1S/C22H41N3O2/c1-2-3-4-5-6-7-8-9-10-11-12-13-14-15-21-24-17-19-25(21,18-16-23)20-22(26)27/h17,19H,2-16,18,20,23H2,1H3. The maximum atomic E-state index is 11.1. The first-order valence-electron chi connectivity index (χ1n) is 11.2. The Bertz CT molecular complexity index is 462. The van der Waals surface area contributed by atoms with Crippen molar-refractivity contribution in [2.24, 2.45) is 10.7 Å². The van der Waals surface area contributed by atoms with Crippen LogP contribution in [0, 0.1) is 0 Å². The van der Waals surface area contributed by atoms with Crippen LogP contribution in [0.4, 0.5) is 0 Å². The molecule has 5 nitrogen and oxygen atoms in total. The van der Waals surface area contributed by atoms with E-state index in [1.807, 2.05) is 6.20 Å². The van der Waals surface area contributed by atoms with Gasteiger partial charge in [0.15, 0.2) is 0 Å². The molecule has 0 aliphatic carbocycles. The lowest BCUT2D eigenvalue weighted by atomic mass is 10.0. The largest absolute Gasteiger partial charge is 0.544 e. The molecule has 1 atom stereocenters. The Balaban J connectivity index is 2.05. The van der Waals surface area contributed by atoms with Crippen LogP contribution in [0.25, 0.3) is 0 Å². The van der Waals surface area contributed by atoms with Crippen molar-refractivity contribution in [1.82, 2.24) is 0 Å². The number of amidine groups is 1. The maximum absolute atomic E-state index is 11.1. The van der Waals surface area contributed by atoms with Gasteiger partial charge < -0.3 is 15.6 Å². The van der Waals surface area contributed by atoms with Crippen molar-refractivity contribution in [3.05, 3.63) is 12.4 Å². The van der Waals surface area contributed by atoms with Gasteiger partial charge in [0.05, 0.1) is 12.2 Å². The van der Waals surface area contributed by atoms with Crippen LogP contribution in [0.1, 0.15) is 96.8 Å². The van der Waals surface area contributed by atoms with Crippen molar-refractivity contribution in [2.45, 2.75) is 96.8 Å². The van der Waals surface area contributed by atoms with Crippen LogP contribution in [0.3, 0.4) is 0 Å². The van der Waals surface area contributed by atoms with Gasteiger partial charge in [-0.05, 0) is 6.42 Å². The average Bonchev–Trinajstić information content (AvgIpc) is 3.00. The smallest absolute Gasteiger partial charge is 0.207 e. The van der Waals surface area contributed by atoms with E-state index in [9.17, 15) is 9.90 Å². The molecule has 0 radical (unpaired) electrons. The van der Waals surface area contributed by atoms with E-state index < -0.39 is 5.97 Å². The molecule has 0 saturated carbocycles. The highest BCUT2D eigenvalue weighted by atomic mass is 16.4. The van der Waals surface area contributed by atoms with E-state index in [2.05, 4.69) is 11.9 Å². The highest BCUT2D eigenvalue weighted by Gasteiger charge is 2.34. The SMILES string of the molecule is CCCCCCCCCCCCCCCC1=NC=C[N+]1(CCN)CC(=O)[O-]. The molecule has 5 heteroatoms. The number of nitrogens with two attached hydrogens (primary N) is 1. The minimum atomic E-state index is -1.05. The van der Waals surface area contributed by atoms with Crippen LogP contribution in [-0.4, -0.2) is 35.9 Å². The number of hydrogen-bond acceptors (Lipinski definition) is 4. The molecule has 2 N–H and O–H groups in total. The number of unbranched alkanes of at least 4 members (excludes halogenated alkanes) is 12. The fourth-order valence-corrected chi connectivity index (χ4v) is 3.92. The van der Waals surface area contributed by atoms with Crippen molar-refractivity contribution in [1.29, 1.82) is 0 Å². The van der Waals surface area contributed by atoms with Crippen molar-refractivity contribution < 1.29 is 14.4 Å². The van der Waals surface area contributed by atoms with Crippen molar-refractivity contribution in [3.63, 3.8) is 0 Å². The quantitative estimate of drug-likeness (QED) is 0.290. The van der Waals surface area contributed by atoms with E-state index in [0.29, 0.717) is 13.1 Å². The second kappa shape index (κ2) is 14.8. The summed E-state index contributed by atoms with van der Waals surface area (Å²) in [4.78, 5) is 15.5. The summed E-state index contributed by atoms with van der Waals surface area (Å²) in [6.45, 7) is 3.21. The zero-order valence-electron chi connectivity index (χ0n) is 17.5. The molecule has 0 bridgehead atoms. The number of carbonyl (C=O) groups excluding carboxylic acids is 1. The number of aliphatic imine (C=N–C) groups is 1. The molecular weight excluding hydrogens is 338 g/mol. The lowest BCUT2D eigenvalue weighted by Crippen LogP contribution is -2.55. The number of quaternary nitrogens is 1. The number of hydrogen-bond donors (Lipinski definition) is 1. The second-order valence-electron chi connectivity index (χ2n) is 7.91. The maximum Gasteiger partial charge on any atom is 0.207 e. The van der Waals surface area contributed by atoms with Crippen LogP contribution in [0.15, 0.2) is 17.4 Å². The molecule has 1 aliphatic heterocycles. The van der Waals surface area contributed by atoms with Crippen molar-refractivity contribution in [2.75, 3.05) is 19.6 Å². The highest BCUT2D eigenvalue weighted by molar-refractivity contribution is 5.80.